The Balaban J connectivity index is 1.46. The summed E-state index contributed by atoms with van der Waals surface area (Å²) in [6.45, 7) is 1.51. The van der Waals surface area contributed by atoms with Gasteiger partial charge in [0.25, 0.3) is 11.1 Å². The van der Waals surface area contributed by atoms with Crippen LogP contribution in [-0.4, -0.2) is 24.8 Å². The summed E-state index contributed by atoms with van der Waals surface area (Å²) in [4.78, 5) is 45.0. The van der Waals surface area contributed by atoms with Crippen molar-refractivity contribution in [3.8, 4) is 16.1 Å². The van der Waals surface area contributed by atoms with Crippen molar-refractivity contribution in [1.82, 2.24) is 18.9 Å². The molecular formula is C23H19N5O3S2. The third-order valence-corrected chi connectivity index (χ3v) is 7.27. The van der Waals surface area contributed by atoms with E-state index >= 15 is 0 Å². The van der Waals surface area contributed by atoms with Crippen LogP contribution in [0.5, 0.6) is 0 Å². The topological polar surface area (TPSA) is 90.9 Å². The smallest absolute Gasteiger partial charge is 0.295 e. The Morgan fingerprint density at radius 1 is 1.06 bits per heavy atom. The van der Waals surface area contributed by atoms with Gasteiger partial charge in [-0.1, -0.05) is 24.3 Å². The fourth-order valence-electron chi connectivity index (χ4n) is 3.74. The Labute approximate surface area is 196 Å². The molecule has 4 aromatic heterocycles. The molecule has 0 saturated heterocycles. The van der Waals surface area contributed by atoms with Crippen molar-refractivity contribution < 1.29 is 4.79 Å². The highest BCUT2D eigenvalue weighted by Gasteiger charge is 2.19. The summed E-state index contributed by atoms with van der Waals surface area (Å²) >= 11 is 2.94. The minimum atomic E-state index is -0.475. The van der Waals surface area contributed by atoms with E-state index in [2.05, 4.69) is 10.3 Å². The molecule has 8 nitrogen and oxygen atoms in total. The number of benzene rings is 1. The molecule has 166 valence electrons. The molecule has 1 amide bonds. The molecule has 0 aliphatic rings. The third-order valence-electron chi connectivity index (χ3n) is 5.48. The number of carbonyl (C=O) groups is 1. The van der Waals surface area contributed by atoms with E-state index in [1.807, 2.05) is 53.2 Å². The van der Waals surface area contributed by atoms with Gasteiger partial charge in [0.05, 0.1) is 23.1 Å². The van der Waals surface area contributed by atoms with Gasteiger partial charge in [-0.3, -0.25) is 23.6 Å². The number of nitrogens with one attached hydrogen (secondary N) is 1. The van der Waals surface area contributed by atoms with E-state index in [1.165, 1.54) is 26.9 Å². The fourth-order valence-corrected chi connectivity index (χ4v) is 5.46. The van der Waals surface area contributed by atoms with Crippen molar-refractivity contribution in [2.75, 3.05) is 5.32 Å². The average Bonchev–Trinajstić information content (AvgIpc) is 3.53. The minimum Gasteiger partial charge on any atom is -0.318 e. The first-order chi connectivity index (χ1) is 16.0. The first-order valence-electron chi connectivity index (χ1n) is 10.1. The van der Waals surface area contributed by atoms with Gasteiger partial charge in [0.1, 0.15) is 17.1 Å². The molecule has 0 aliphatic carbocycles. The average molecular weight is 478 g/mol. The van der Waals surface area contributed by atoms with E-state index in [-0.39, 0.29) is 23.4 Å². The molecular weight excluding hydrogens is 458 g/mol. The highest BCUT2D eigenvalue weighted by atomic mass is 32.1. The quantitative estimate of drug-likeness (QED) is 0.419. The zero-order chi connectivity index (χ0) is 23.1. The lowest BCUT2D eigenvalue weighted by Crippen LogP contribution is -2.29. The highest BCUT2D eigenvalue weighted by Crippen LogP contribution is 2.33. The zero-order valence-electron chi connectivity index (χ0n) is 17.8. The molecule has 0 spiro atoms. The zero-order valence-corrected chi connectivity index (χ0v) is 19.4. The molecule has 5 aromatic rings. The van der Waals surface area contributed by atoms with Gasteiger partial charge in [-0.25, -0.2) is 9.67 Å². The predicted molar refractivity (Wildman–Crippen MR) is 132 cm³/mol. The van der Waals surface area contributed by atoms with Crippen molar-refractivity contribution in [3.63, 3.8) is 0 Å². The second-order valence-corrected chi connectivity index (χ2v) is 9.27. The summed E-state index contributed by atoms with van der Waals surface area (Å²) in [7, 11) is 1.75. The SMILES string of the molecule is Cc1c(NC(=O)Cn2cnc3scc(-c4cccs4)c3c2=O)c(=O)n(-c2ccccc2)n1C. The molecule has 0 fully saturated rings. The maximum atomic E-state index is 13.2. The molecule has 0 bridgehead atoms. The monoisotopic (exact) mass is 477 g/mol. The number of carbonyl (C=O) groups excluding carboxylic acids is 1. The second kappa shape index (κ2) is 8.30. The maximum absolute atomic E-state index is 13.2. The fraction of sp³-hybridized carbons (Fsp3) is 0.130. The number of nitrogens with zero attached hydrogens (tertiary/aromatic N) is 4. The molecule has 0 aliphatic heterocycles. The van der Waals surface area contributed by atoms with Crippen molar-refractivity contribution in [2.24, 2.45) is 7.05 Å². The van der Waals surface area contributed by atoms with Crippen LogP contribution in [0.2, 0.25) is 0 Å². The van der Waals surface area contributed by atoms with E-state index in [0.717, 1.165) is 10.4 Å². The Bertz CT molecular complexity index is 1590. The number of rotatable bonds is 5. The van der Waals surface area contributed by atoms with Crippen LogP contribution in [0.15, 0.2) is 69.1 Å². The van der Waals surface area contributed by atoms with Crippen molar-refractivity contribution in [3.05, 3.63) is 86.0 Å². The van der Waals surface area contributed by atoms with Crippen molar-refractivity contribution >= 4 is 44.5 Å². The van der Waals surface area contributed by atoms with Crippen LogP contribution in [-0.2, 0) is 18.4 Å². The summed E-state index contributed by atoms with van der Waals surface area (Å²) in [5, 5.41) is 7.05. The predicted octanol–water partition coefficient (Wildman–Crippen LogP) is 3.62. The van der Waals surface area contributed by atoms with E-state index < -0.39 is 5.91 Å². The number of aromatic nitrogens is 4. The lowest BCUT2D eigenvalue weighted by Gasteiger charge is -2.07. The Morgan fingerprint density at radius 2 is 1.85 bits per heavy atom. The number of amides is 1. The minimum absolute atomic E-state index is 0.184. The second-order valence-electron chi connectivity index (χ2n) is 7.47. The van der Waals surface area contributed by atoms with Crippen LogP contribution in [0.1, 0.15) is 5.69 Å². The van der Waals surface area contributed by atoms with Crippen molar-refractivity contribution in [2.45, 2.75) is 13.5 Å². The van der Waals surface area contributed by atoms with Gasteiger partial charge >= 0.3 is 0 Å². The molecule has 1 aromatic carbocycles. The van der Waals surface area contributed by atoms with Gasteiger partial charge in [0, 0.05) is 22.9 Å². The molecule has 0 saturated carbocycles. The normalized spacial score (nSPS) is 11.2. The Hall–Kier alpha value is -3.76. The lowest BCUT2D eigenvalue weighted by molar-refractivity contribution is -0.116. The third kappa shape index (κ3) is 3.62. The van der Waals surface area contributed by atoms with Gasteiger partial charge in [-0.15, -0.1) is 22.7 Å². The van der Waals surface area contributed by atoms with Crippen LogP contribution < -0.4 is 16.4 Å². The maximum Gasteiger partial charge on any atom is 0.295 e. The molecule has 0 unspecified atom stereocenters. The number of hydrogen-bond acceptors (Lipinski definition) is 6. The Morgan fingerprint density at radius 3 is 2.58 bits per heavy atom. The first kappa shape index (κ1) is 21.1. The van der Waals surface area contributed by atoms with E-state index in [9.17, 15) is 14.4 Å². The number of thiophene rings is 2. The van der Waals surface area contributed by atoms with E-state index in [1.54, 1.807) is 30.0 Å². The number of fused-ring (bicyclic) bond motifs is 1. The largest absolute Gasteiger partial charge is 0.318 e. The van der Waals surface area contributed by atoms with Crippen LogP contribution in [0.4, 0.5) is 5.69 Å². The molecule has 10 heteroatoms. The summed E-state index contributed by atoms with van der Waals surface area (Å²) in [5.74, 6) is -0.475. The molecule has 0 radical (unpaired) electrons. The molecule has 0 atom stereocenters. The summed E-state index contributed by atoms with van der Waals surface area (Å²) in [5.41, 5.74) is 1.68. The molecule has 1 N–H and O–H groups in total. The van der Waals surface area contributed by atoms with Gasteiger partial charge in [-0.2, -0.15) is 0 Å². The van der Waals surface area contributed by atoms with Crippen LogP contribution in [0.3, 0.4) is 0 Å². The van der Waals surface area contributed by atoms with Gasteiger partial charge in [-0.05, 0) is 30.5 Å². The summed E-state index contributed by atoms with van der Waals surface area (Å²) in [6, 6.07) is 13.1. The molecule has 5 rings (SSSR count). The standard InChI is InChI=1S/C23H19N5O3S2/c1-14-20(23(31)28(26(14)2)15-7-4-3-5-8-15)25-18(29)11-27-13-24-21-19(22(27)30)16(12-33-21)17-9-6-10-32-17/h3-10,12-13H,11H2,1-2H3,(H,25,29). The van der Waals surface area contributed by atoms with Crippen LogP contribution in [0, 0.1) is 6.92 Å². The van der Waals surface area contributed by atoms with Gasteiger partial charge < -0.3 is 5.32 Å². The molecule has 4 heterocycles. The summed E-state index contributed by atoms with van der Waals surface area (Å²) in [6.07, 6.45) is 1.37. The van der Waals surface area contributed by atoms with E-state index in [4.69, 9.17) is 0 Å². The van der Waals surface area contributed by atoms with E-state index in [0.29, 0.717) is 21.6 Å². The van der Waals surface area contributed by atoms with Crippen LogP contribution >= 0.6 is 22.7 Å². The van der Waals surface area contributed by atoms with Gasteiger partial charge in [0.2, 0.25) is 5.91 Å². The molecule has 33 heavy (non-hydrogen) atoms. The van der Waals surface area contributed by atoms with Crippen LogP contribution in [0.25, 0.3) is 26.3 Å². The number of anilines is 1. The number of hydrogen-bond donors (Lipinski definition) is 1. The van der Waals surface area contributed by atoms with Crippen molar-refractivity contribution in [1.29, 1.82) is 0 Å². The first-order valence-corrected chi connectivity index (χ1v) is 11.9. The van der Waals surface area contributed by atoms with Gasteiger partial charge in [0.15, 0.2) is 0 Å². The number of para-hydroxylation sites is 1. The highest BCUT2D eigenvalue weighted by molar-refractivity contribution is 7.18. The summed E-state index contributed by atoms with van der Waals surface area (Å²) < 4.78 is 4.45. The lowest BCUT2D eigenvalue weighted by atomic mass is 10.2. The Kier molecular flexibility index (Phi) is 5.31.